The number of hydrogen-bond donors (Lipinski definition) is 2. The first-order valence-electron chi connectivity index (χ1n) is 6.81. The summed E-state index contributed by atoms with van der Waals surface area (Å²) in [4.78, 5) is 0. The maximum atomic E-state index is 9.35. The number of para-hydroxylation sites is 1. The first kappa shape index (κ1) is 13.4. The first-order chi connectivity index (χ1) is 8.67. The zero-order valence-corrected chi connectivity index (χ0v) is 11.1. The van der Waals surface area contributed by atoms with E-state index in [-0.39, 0.29) is 12.7 Å². The van der Waals surface area contributed by atoms with Gasteiger partial charge in [0.25, 0.3) is 0 Å². The lowest BCUT2D eigenvalue weighted by molar-refractivity contribution is 0.0723. The highest BCUT2D eigenvalue weighted by Gasteiger charge is 2.33. The number of ether oxygens (including phenoxy) is 1. The molecule has 0 heterocycles. The minimum Gasteiger partial charge on any atom is -0.490 e. The second-order valence-electron chi connectivity index (χ2n) is 5.32. The van der Waals surface area contributed by atoms with Crippen LogP contribution in [0, 0.1) is 0 Å². The molecule has 0 amide bonds. The van der Waals surface area contributed by atoms with Crippen LogP contribution in [0.2, 0.25) is 0 Å². The molecule has 0 bridgehead atoms. The molecule has 1 aliphatic rings. The summed E-state index contributed by atoms with van der Waals surface area (Å²) >= 11 is 0. The van der Waals surface area contributed by atoms with Crippen molar-refractivity contribution in [2.45, 2.75) is 50.7 Å². The SMILES string of the molecule is CCc1ccccc1OC1CCCC(N)(CO)C1. The van der Waals surface area contributed by atoms with E-state index in [9.17, 15) is 5.11 Å². The number of aliphatic hydroxyl groups is 1. The second-order valence-corrected chi connectivity index (χ2v) is 5.32. The van der Waals surface area contributed by atoms with Gasteiger partial charge >= 0.3 is 0 Å². The van der Waals surface area contributed by atoms with Crippen molar-refractivity contribution in [3.63, 3.8) is 0 Å². The van der Waals surface area contributed by atoms with Crippen LogP contribution in [0.25, 0.3) is 0 Å². The molecule has 0 saturated heterocycles. The number of aryl methyl sites for hydroxylation is 1. The molecular weight excluding hydrogens is 226 g/mol. The highest BCUT2D eigenvalue weighted by molar-refractivity contribution is 5.33. The quantitative estimate of drug-likeness (QED) is 0.860. The van der Waals surface area contributed by atoms with E-state index in [0.29, 0.717) is 0 Å². The Bertz CT molecular complexity index is 394. The van der Waals surface area contributed by atoms with Gasteiger partial charge in [0.05, 0.1) is 6.61 Å². The number of aliphatic hydroxyl groups excluding tert-OH is 1. The topological polar surface area (TPSA) is 55.5 Å². The average molecular weight is 249 g/mol. The minimum absolute atomic E-state index is 0.0439. The minimum atomic E-state index is -0.454. The molecule has 2 unspecified atom stereocenters. The largest absolute Gasteiger partial charge is 0.490 e. The van der Waals surface area contributed by atoms with Gasteiger partial charge < -0.3 is 15.6 Å². The summed E-state index contributed by atoms with van der Waals surface area (Å²) in [6, 6.07) is 8.15. The fourth-order valence-electron chi connectivity index (χ4n) is 2.67. The monoisotopic (exact) mass is 249 g/mol. The summed E-state index contributed by atoms with van der Waals surface area (Å²) in [5, 5.41) is 9.35. The smallest absolute Gasteiger partial charge is 0.122 e. The van der Waals surface area contributed by atoms with Crippen molar-refractivity contribution >= 4 is 0 Å². The van der Waals surface area contributed by atoms with Crippen molar-refractivity contribution in [1.29, 1.82) is 0 Å². The Hall–Kier alpha value is -1.06. The lowest BCUT2D eigenvalue weighted by Crippen LogP contribution is -2.50. The molecular formula is C15H23NO2. The molecule has 1 saturated carbocycles. The first-order valence-corrected chi connectivity index (χ1v) is 6.81. The van der Waals surface area contributed by atoms with Crippen LogP contribution in [-0.4, -0.2) is 23.4 Å². The summed E-state index contributed by atoms with van der Waals surface area (Å²) in [7, 11) is 0. The summed E-state index contributed by atoms with van der Waals surface area (Å²) in [6.07, 6.45) is 4.77. The predicted octanol–water partition coefficient (Wildman–Crippen LogP) is 2.26. The van der Waals surface area contributed by atoms with Crippen LogP contribution in [0.1, 0.15) is 38.2 Å². The molecule has 2 rings (SSSR count). The van der Waals surface area contributed by atoms with Crippen LogP contribution in [0.5, 0.6) is 5.75 Å². The van der Waals surface area contributed by atoms with E-state index >= 15 is 0 Å². The number of nitrogens with two attached hydrogens (primary N) is 1. The van der Waals surface area contributed by atoms with E-state index in [4.69, 9.17) is 10.5 Å². The van der Waals surface area contributed by atoms with Crippen molar-refractivity contribution in [3.05, 3.63) is 29.8 Å². The summed E-state index contributed by atoms with van der Waals surface area (Å²) in [6.45, 7) is 2.17. The van der Waals surface area contributed by atoms with Crippen molar-refractivity contribution < 1.29 is 9.84 Å². The van der Waals surface area contributed by atoms with Gasteiger partial charge in [-0.1, -0.05) is 25.1 Å². The van der Waals surface area contributed by atoms with Crippen molar-refractivity contribution in [2.24, 2.45) is 5.73 Å². The summed E-state index contributed by atoms with van der Waals surface area (Å²) < 4.78 is 6.08. The molecule has 3 nitrogen and oxygen atoms in total. The van der Waals surface area contributed by atoms with Gasteiger partial charge in [0.2, 0.25) is 0 Å². The molecule has 3 N–H and O–H groups in total. The third-order valence-corrected chi connectivity index (χ3v) is 3.80. The summed E-state index contributed by atoms with van der Waals surface area (Å²) in [5.74, 6) is 0.965. The molecule has 2 atom stereocenters. The Morgan fingerprint density at radius 3 is 2.94 bits per heavy atom. The van der Waals surface area contributed by atoms with E-state index in [2.05, 4.69) is 13.0 Å². The normalized spacial score (nSPS) is 28.1. The van der Waals surface area contributed by atoms with Crippen molar-refractivity contribution in [3.8, 4) is 5.75 Å². The van der Waals surface area contributed by atoms with E-state index in [1.165, 1.54) is 5.56 Å². The highest BCUT2D eigenvalue weighted by atomic mass is 16.5. The zero-order valence-electron chi connectivity index (χ0n) is 11.1. The number of hydrogen-bond acceptors (Lipinski definition) is 3. The zero-order chi connectivity index (χ0) is 13.0. The molecule has 0 aliphatic heterocycles. The molecule has 1 aliphatic carbocycles. The van der Waals surface area contributed by atoms with Crippen molar-refractivity contribution in [1.82, 2.24) is 0 Å². The lowest BCUT2D eigenvalue weighted by atomic mass is 9.81. The van der Waals surface area contributed by atoms with Gasteiger partial charge in [0.1, 0.15) is 11.9 Å². The van der Waals surface area contributed by atoms with Crippen LogP contribution in [0.3, 0.4) is 0 Å². The molecule has 0 aromatic heterocycles. The van der Waals surface area contributed by atoms with Crippen LogP contribution < -0.4 is 10.5 Å². The number of benzene rings is 1. The molecule has 0 radical (unpaired) electrons. The second kappa shape index (κ2) is 5.72. The van der Waals surface area contributed by atoms with E-state index < -0.39 is 5.54 Å². The Morgan fingerprint density at radius 1 is 1.44 bits per heavy atom. The predicted molar refractivity (Wildman–Crippen MR) is 72.7 cm³/mol. The molecule has 0 spiro atoms. The van der Waals surface area contributed by atoms with Gasteiger partial charge in [0, 0.05) is 12.0 Å². The van der Waals surface area contributed by atoms with Crippen molar-refractivity contribution in [2.75, 3.05) is 6.61 Å². The average Bonchev–Trinajstić information content (AvgIpc) is 2.39. The Kier molecular flexibility index (Phi) is 4.25. The van der Waals surface area contributed by atoms with Gasteiger partial charge in [-0.15, -0.1) is 0 Å². The van der Waals surface area contributed by atoms with Crippen LogP contribution in [0.15, 0.2) is 24.3 Å². The third-order valence-electron chi connectivity index (χ3n) is 3.80. The number of rotatable bonds is 4. The molecule has 100 valence electrons. The molecule has 1 fully saturated rings. The molecule has 18 heavy (non-hydrogen) atoms. The maximum absolute atomic E-state index is 9.35. The van der Waals surface area contributed by atoms with Gasteiger partial charge in [-0.3, -0.25) is 0 Å². The standard InChI is InChI=1S/C15H23NO2/c1-2-12-6-3-4-8-14(12)18-13-7-5-9-15(16,10-13)11-17/h3-4,6,8,13,17H,2,5,7,9-11,16H2,1H3. The van der Waals surface area contributed by atoms with Gasteiger partial charge in [-0.2, -0.15) is 0 Å². The molecule has 1 aromatic carbocycles. The Balaban J connectivity index is 2.05. The van der Waals surface area contributed by atoms with Gasteiger partial charge in [-0.05, 0) is 37.3 Å². The highest BCUT2D eigenvalue weighted by Crippen LogP contribution is 2.30. The van der Waals surface area contributed by atoms with E-state index in [0.717, 1.165) is 37.9 Å². The third kappa shape index (κ3) is 3.03. The van der Waals surface area contributed by atoms with Crippen LogP contribution in [-0.2, 0) is 6.42 Å². The summed E-state index contributed by atoms with van der Waals surface area (Å²) in [5.41, 5.74) is 6.92. The van der Waals surface area contributed by atoms with Crippen LogP contribution in [0.4, 0.5) is 0 Å². The van der Waals surface area contributed by atoms with Gasteiger partial charge in [-0.25, -0.2) is 0 Å². The lowest BCUT2D eigenvalue weighted by Gasteiger charge is -2.36. The fourth-order valence-corrected chi connectivity index (χ4v) is 2.67. The van der Waals surface area contributed by atoms with Crippen LogP contribution >= 0.6 is 0 Å². The van der Waals surface area contributed by atoms with E-state index in [1.807, 2.05) is 18.2 Å². The molecule has 1 aromatic rings. The van der Waals surface area contributed by atoms with E-state index in [1.54, 1.807) is 0 Å². The fraction of sp³-hybridized carbons (Fsp3) is 0.600. The maximum Gasteiger partial charge on any atom is 0.122 e. The Morgan fingerprint density at radius 2 is 2.22 bits per heavy atom. The van der Waals surface area contributed by atoms with Gasteiger partial charge in [0.15, 0.2) is 0 Å². The molecule has 3 heteroatoms. The Labute approximate surface area is 109 Å².